The highest BCUT2D eigenvalue weighted by Gasteiger charge is 2.15. The average Bonchev–Trinajstić information content (AvgIpc) is 2.57. The molecular formula is C22H23NO2. The van der Waals surface area contributed by atoms with Crippen LogP contribution in [0.2, 0.25) is 0 Å². The van der Waals surface area contributed by atoms with Crippen molar-refractivity contribution in [3.63, 3.8) is 0 Å². The molecule has 0 aromatic heterocycles. The SMILES string of the molecule is CC(C)(C)OC(=O)NCC=Cc1cc2ccccc2c2ccccc12. The molecule has 3 nitrogen and oxygen atoms in total. The van der Waals surface area contributed by atoms with Crippen molar-refractivity contribution in [2.24, 2.45) is 0 Å². The van der Waals surface area contributed by atoms with Gasteiger partial charge >= 0.3 is 6.09 Å². The van der Waals surface area contributed by atoms with E-state index in [9.17, 15) is 4.79 Å². The summed E-state index contributed by atoms with van der Waals surface area (Å²) in [6.45, 7) is 5.98. The third kappa shape index (κ3) is 4.18. The lowest BCUT2D eigenvalue weighted by molar-refractivity contribution is 0.0534. The van der Waals surface area contributed by atoms with E-state index in [1.54, 1.807) is 0 Å². The Bertz CT molecular complexity index is 936. The first kappa shape index (κ1) is 17.0. The number of hydrogen-bond acceptors (Lipinski definition) is 2. The molecule has 128 valence electrons. The molecule has 3 aromatic carbocycles. The van der Waals surface area contributed by atoms with Crippen molar-refractivity contribution in [1.29, 1.82) is 0 Å². The minimum atomic E-state index is -0.484. The zero-order valence-electron chi connectivity index (χ0n) is 14.9. The molecule has 0 heterocycles. The number of nitrogens with one attached hydrogen (secondary N) is 1. The maximum Gasteiger partial charge on any atom is 0.407 e. The number of alkyl carbamates (subject to hydrolysis) is 1. The van der Waals surface area contributed by atoms with E-state index in [2.05, 4.69) is 53.8 Å². The van der Waals surface area contributed by atoms with E-state index in [0.717, 1.165) is 5.56 Å². The van der Waals surface area contributed by atoms with Crippen LogP contribution in [0.1, 0.15) is 26.3 Å². The molecule has 0 atom stereocenters. The molecule has 3 heteroatoms. The molecule has 0 bridgehead atoms. The minimum Gasteiger partial charge on any atom is -0.444 e. The maximum absolute atomic E-state index is 11.7. The van der Waals surface area contributed by atoms with Crippen molar-refractivity contribution in [3.05, 3.63) is 66.2 Å². The predicted molar refractivity (Wildman–Crippen MR) is 105 cm³/mol. The zero-order valence-corrected chi connectivity index (χ0v) is 14.9. The summed E-state index contributed by atoms with van der Waals surface area (Å²) >= 11 is 0. The van der Waals surface area contributed by atoms with Gasteiger partial charge in [0.2, 0.25) is 0 Å². The van der Waals surface area contributed by atoms with Crippen LogP contribution in [0.5, 0.6) is 0 Å². The van der Waals surface area contributed by atoms with Crippen LogP contribution in [0.4, 0.5) is 4.79 Å². The van der Waals surface area contributed by atoms with Gasteiger partial charge in [-0.15, -0.1) is 0 Å². The number of carbonyl (C=O) groups is 1. The smallest absolute Gasteiger partial charge is 0.407 e. The third-order valence-electron chi connectivity index (χ3n) is 3.86. The Morgan fingerprint density at radius 1 is 1.00 bits per heavy atom. The van der Waals surface area contributed by atoms with Crippen molar-refractivity contribution in [2.45, 2.75) is 26.4 Å². The number of rotatable bonds is 3. The fourth-order valence-corrected chi connectivity index (χ4v) is 2.86. The molecule has 0 radical (unpaired) electrons. The third-order valence-corrected chi connectivity index (χ3v) is 3.86. The van der Waals surface area contributed by atoms with E-state index < -0.39 is 11.7 Å². The van der Waals surface area contributed by atoms with E-state index in [1.807, 2.05) is 39.0 Å². The standard InChI is InChI=1S/C22H23NO2/c1-22(2,3)25-21(24)23-14-8-10-17-15-16-9-4-5-11-18(16)20-13-7-6-12-19(17)20/h4-13,15H,14H2,1-3H3,(H,23,24). The van der Waals surface area contributed by atoms with Crippen molar-refractivity contribution in [1.82, 2.24) is 5.32 Å². The molecule has 0 saturated heterocycles. The molecule has 0 unspecified atom stereocenters. The summed E-state index contributed by atoms with van der Waals surface area (Å²) in [4.78, 5) is 11.7. The molecule has 0 aliphatic carbocycles. The van der Waals surface area contributed by atoms with Gasteiger partial charge in [-0.05, 0) is 53.9 Å². The average molecular weight is 333 g/mol. The summed E-state index contributed by atoms with van der Waals surface area (Å²) in [5, 5.41) is 7.65. The highest BCUT2D eigenvalue weighted by Crippen LogP contribution is 2.29. The summed E-state index contributed by atoms with van der Waals surface area (Å²) < 4.78 is 5.23. The Labute approximate surface area is 148 Å². The van der Waals surface area contributed by atoms with Crippen LogP contribution in [0.25, 0.3) is 27.6 Å². The Kier molecular flexibility index (Phi) is 4.75. The fourth-order valence-electron chi connectivity index (χ4n) is 2.86. The van der Waals surface area contributed by atoms with Gasteiger partial charge < -0.3 is 10.1 Å². The van der Waals surface area contributed by atoms with Gasteiger partial charge in [0.25, 0.3) is 0 Å². The molecule has 0 fully saturated rings. The fraction of sp³-hybridized carbons (Fsp3) is 0.227. The molecular weight excluding hydrogens is 310 g/mol. The number of ether oxygens (including phenoxy) is 1. The summed E-state index contributed by atoms with van der Waals surface area (Å²) in [7, 11) is 0. The lowest BCUT2D eigenvalue weighted by Crippen LogP contribution is -2.32. The van der Waals surface area contributed by atoms with Crippen molar-refractivity contribution in [2.75, 3.05) is 6.54 Å². The Balaban J connectivity index is 1.82. The first-order valence-electron chi connectivity index (χ1n) is 8.48. The number of fused-ring (bicyclic) bond motifs is 3. The molecule has 3 aromatic rings. The Hall–Kier alpha value is -2.81. The van der Waals surface area contributed by atoms with Crippen molar-refractivity contribution < 1.29 is 9.53 Å². The summed E-state index contributed by atoms with van der Waals surface area (Å²) in [6.07, 6.45) is 3.59. The van der Waals surface area contributed by atoms with Crippen molar-refractivity contribution >= 4 is 33.7 Å². The second-order valence-electron chi connectivity index (χ2n) is 7.02. The maximum atomic E-state index is 11.7. The van der Waals surface area contributed by atoms with Gasteiger partial charge in [-0.2, -0.15) is 0 Å². The Morgan fingerprint density at radius 3 is 2.36 bits per heavy atom. The van der Waals surface area contributed by atoms with Crippen molar-refractivity contribution in [3.8, 4) is 0 Å². The van der Waals surface area contributed by atoms with E-state index in [-0.39, 0.29) is 0 Å². The largest absolute Gasteiger partial charge is 0.444 e. The normalized spacial score (nSPS) is 12.0. The molecule has 0 aliphatic heterocycles. The van der Waals surface area contributed by atoms with Crippen LogP contribution >= 0.6 is 0 Å². The van der Waals surface area contributed by atoms with Gasteiger partial charge in [0, 0.05) is 6.54 Å². The van der Waals surface area contributed by atoms with E-state index in [4.69, 9.17) is 4.74 Å². The summed E-state index contributed by atoms with van der Waals surface area (Å²) in [6, 6.07) is 19.0. The molecule has 3 rings (SSSR count). The van der Waals surface area contributed by atoms with Crippen LogP contribution in [-0.4, -0.2) is 18.2 Å². The summed E-state index contributed by atoms with van der Waals surface area (Å²) in [5.74, 6) is 0. The minimum absolute atomic E-state index is 0.402. The van der Waals surface area contributed by atoms with Gasteiger partial charge in [-0.25, -0.2) is 4.79 Å². The zero-order chi connectivity index (χ0) is 17.9. The first-order valence-corrected chi connectivity index (χ1v) is 8.48. The van der Waals surface area contributed by atoms with Gasteiger partial charge in [0.1, 0.15) is 5.60 Å². The monoisotopic (exact) mass is 333 g/mol. The highest BCUT2D eigenvalue weighted by atomic mass is 16.6. The van der Waals surface area contributed by atoms with E-state index in [1.165, 1.54) is 21.5 Å². The van der Waals surface area contributed by atoms with Crippen LogP contribution < -0.4 is 5.32 Å². The number of benzene rings is 3. The number of carbonyl (C=O) groups excluding carboxylic acids is 1. The van der Waals surface area contributed by atoms with Gasteiger partial charge in [0.15, 0.2) is 0 Å². The first-order chi connectivity index (χ1) is 11.9. The van der Waals surface area contributed by atoms with Crippen LogP contribution in [0.15, 0.2) is 60.7 Å². The second kappa shape index (κ2) is 6.98. The topological polar surface area (TPSA) is 38.3 Å². The molecule has 0 spiro atoms. The second-order valence-corrected chi connectivity index (χ2v) is 7.02. The van der Waals surface area contributed by atoms with E-state index >= 15 is 0 Å². The predicted octanol–water partition coefficient (Wildman–Crippen LogP) is 5.53. The molecule has 1 N–H and O–H groups in total. The van der Waals surface area contributed by atoms with Crippen LogP contribution in [0, 0.1) is 0 Å². The number of amides is 1. The van der Waals surface area contributed by atoms with Gasteiger partial charge in [-0.3, -0.25) is 0 Å². The number of hydrogen-bond donors (Lipinski definition) is 1. The van der Waals surface area contributed by atoms with Crippen LogP contribution in [-0.2, 0) is 4.74 Å². The quantitative estimate of drug-likeness (QED) is 0.640. The lowest BCUT2D eigenvalue weighted by Gasteiger charge is -2.19. The van der Waals surface area contributed by atoms with Gasteiger partial charge in [-0.1, -0.05) is 60.7 Å². The lowest BCUT2D eigenvalue weighted by atomic mass is 9.97. The Morgan fingerprint density at radius 2 is 1.64 bits per heavy atom. The molecule has 0 aliphatic rings. The molecule has 1 amide bonds. The van der Waals surface area contributed by atoms with E-state index in [0.29, 0.717) is 6.54 Å². The van der Waals surface area contributed by atoms with Crippen LogP contribution in [0.3, 0.4) is 0 Å². The molecule has 25 heavy (non-hydrogen) atoms. The molecule has 0 saturated carbocycles. The summed E-state index contributed by atoms with van der Waals surface area (Å²) in [5.41, 5.74) is 0.655. The highest BCUT2D eigenvalue weighted by molar-refractivity contribution is 6.10. The van der Waals surface area contributed by atoms with Gasteiger partial charge in [0.05, 0.1) is 0 Å².